The summed E-state index contributed by atoms with van der Waals surface area (Å²) in [6.45, 7) is 0. The average Bonchev–Trinajstić information content (AvgIpc) is 4.19. The smallest absolute Gasteiger partial charge is 0.238 e. The first kappa shape index (κ1) is 42.5. The first-order valence-electron chi connectivity index (χ1n) is 25.4. The molecule has 0 unspecified atom stereocenters. The van der Waals surface area contributed by atoms with Crippen molar-refractivity contribution < 1.29 is 0 Å². The summed E-state index contributed by atoms with van der Waals surface area (Å²) < 4.78 is 7.21. The summed E-state index contributed by atoms with van der Waals surface area (Å²) in [6.07, 6.45) is 0. The second-order valence-corrected chi connectivity index (χ2v) is 19.2. The zero-order chi connectivity index (χ0) is 49.4. The van der Waals surface area contributed by atoms with E-state index in [0.717, 1.165) is 93.8 Å². The number of benzene rings is 11. The van der Waals surface area contributed by atoms with Crippen molar-refractivity contribution in [3.8, 4) is 73.5 Å². The molecule has 0 saturated heterocycles. The van der Waals surface area contributed by atoms with Crippen LogP contribution in [-0.4, -0.2) is 28.7 Å². The summed E-state index contributed by atoms with van der Waals surface area (Å²) in [4.78, 5) is 16.3. The summed E-state index contributed by atoms with van der Waals surface area (Å²) in [5, 5.41) is 6.87. The molecule has 0 aliphatic rings. The minimum Gasteiger partial charge on any atom is -0.309 e. The van der Waals surface area contributed by atoms with E-state index in [4.69, 9.17) is 15.0 Å². The quantitative estimate of drug-likeness (QED) is 0.152. The molecule has 75 heavy (non-hydrogen) atoms. The molecule has 0 bridgehead atoms. The van der Waals surface area contributed by atoms with Gasteiger partial charge in [0.2, 0.25) is 5.95 Å². The van der Waals surface area contributed by atoms with E-state index < -0.39 is 0 Å². The van der Waals surface area contributed by atoms with E-state index in [0.29, 0.717) is 17.6 Å². The highest BCUT2D eigenvalue weighted by Gasteiger charge is 2.28. The lowest BCUT2D eigenvalue weighted by atomic mass is 9.99. The zero-order valence-corrected chi connectivity index (χ0v) is 40.6. The molecule has 4 heterocycles. The molecule has 0 radical (unpaired) electrons. The zero-order valence-electron chi connectivity index (χ0n) is 40.6. The van der Waals surface area contributed by atoms with E-state index in [1.807, 2.05) is 18.2 Å². The van der Waals surface area contributed by atoms with Crippen LogP contribution in [0.15, 0.2) is 267 Å². The van der Waals surface area contributed by atoms with Crippen LogP contribution < -0.4 is 0 Å². The van der Waals surface area contributed by atoms with Crippen LogP contribution in [-0.2, 0) is 0 Å². The van der Waals surface area contributed by atoms with Gasteiger partial charge in [-0.05, 0) is 75.8 Å². The van der Waals surface area contributed by atoms with Gasteiger partial charge < -0.3 is 9.13 Å². The molecule has 4 aromatic heterocycles. The van der Waals surface area contributed by atoms with Crippen molar-refractivity contribution in [1.29, 1.82) is 0 Å². The van der Waals surface area contributed by atoms with Gasteiger partial charge >= 0.3 is 0 Å². The molecule has 6 nitrogen and oxygen atoms in total. The third kappa shape index (κ3) is 6.92. The van der Waals surface area contributed by atoms with Crippen molar-refractivity contribution in [2.24, 2.45) is 0 Å². The Morgan fingerprint density at radius 3 is 1.08 bits per heavy atom. The molecule has 0 fully saturated rings. The Morgan fingerprint density at radius 2 is 0.587 bits per heavy atom. The Labute approximate surface area is 432 Å². The summed E-state index contributed by atoms with van der Waals surface area (Å²) >= 11 is 0. The molecular formula is C69H44N6. The van der Waals surface area contributed by atoms with Crippen molar-refractivity contribution in [1.82, 2.24) is 28.7 Å². The second kappa shape index (κ2) is 17.3. The number of fused-ring (bicyclic) bond motifs is 10. The van der Waals surface area contributed by atoms with E-state index in [9.17, 15) is 0 Å². The Hall–Kier alpha value is -10.2. The van der Waals surface area contributed by atoms with Gasteiger partial charge in [-0.25, -0.2) is 4.98 Å². The Kier molecular flexibility index (Phi) is 9.78. The fourth-order valence-corrected chi connectivity index (χ4v) is 11.5. The van der Waals surface area contributed by atoms with Gasteiger partial charge in [0.25, 0.3) is 0 Å². The van der Waals surface area contributed by atoms with Gasteiger partial charge in [0.15, 0.2) is 11.6 Å². The van der Waals surface area contributed by atoms with Gasteiger partial charge in [-0.1, -0.05) is 224 Å². The van der Waals surface area contributed by atoms with Gasteiger partial charge in [0, 0.05) is 49.1 Å². The largest absolute Gasteiger partial charge is 0.309 e. The molecule has 15 rings (SSSR count). The Balaban J connectivity index is 1.03. The number of nitrogens with zero attached hydrogens (tertiary/aromatic N) is 6. The maximum absolute atomic E-state index is 5.54. The number of rotatable bonds is 8. The molecule has 0 aliphatic heterocycles. The first-order valence-corrected chi connectivity index (χ1v) is 25.4. The molecular weight excluding hydrogens is 913 g/mol. The molecule has 0 amide bonds. The van der Waals surface area contributed by atoms with Crippen LogP contribution >= 0.6 is 0 Å². The van der Waals surface area contributed by atoms with E-state index in [1.165, 1.54) is 27.5 Å². The summed E-state index contributed by atoms with van der Waals surface area (Å²) in [6, 6.07) is 95.2. The van der Waals surface area contributed by atoms with Crippen LogP contribution in [0.4, 0.5) is 0 Å². The van der Waals surface area contributed by atoms with Crippen molar-refractivity contribution >= 4 is 65.4 Å². The van der Waals surface area contributed by atoms with Gasteiger partial charge in [0.1, 0.15) is 0 Å². The molecule has 0 saturated carbocycles. The molecule has 11 aromatic carbocycles. The SMILES string of the molecule is c1ccc(-c2ccc(-c3ccc(-c4nc(-c5ccccc5)nc(-n5c6ccccc6c6c(-n7c8ccccc8c8ccccc87)cc7c8ccccc8n(-c8ccc(-c9ccccc9)cc8)c7c65)n4)cc3)cc2)cc1. The third-order valence-electron chi connectivity index (χ3n) is 14.9. The fourth-order valence-electron chi connectivity index (χ4n) is 11.5. The normalized spacial score (nSPS) is 11.7. The molecule has 0 N–H and O–H groups in total. The molecule has 15 aromatic rings. The third-order valence-corrected chi connectivity index (χ3v) is 14.9. The van der Waals surface area contributed by atoms with Crippen LogP contribution in [0.25, 0.3) is 139 Å². The van der Waals surface area contributed by atoms with Crippen LogP contribution in [0.3, 0.4) is 0 Å². The average molecular weight is 957 g/mol. The molecule has 0 spiro atoms. The molecule has 350 valence electrons. The fraction of sp³-hybridized carbons (Fsp3) is 0. The minimum atomic E-state index is 0.530. The first-order chi connectivity index (χ1) is 37.2. The maximum Gasteiger partial charge on any atom is 0.238 e. The molecule has 0 aliphatic carbocycles. The standard InChI is InChI=1S/C69H44N6/c1-4-18-45(19-5-1)47-32-34-48(35-33-47)49-36-38-52(39-37-49)68-70-67(51-22-8-3-9-23-51)71-69(72-68)75-62-31-17-13-27-57(62)64-63(74-60-29-15-10-24-54(60)55-25-11-16-30-61(55)74)44-58-56-26-12-14-28-59(56)73(65(58)66(64)75)53-42-40-50(41-43-53)46-20-6-2-7-21-46/h1-44H. The topological polar surface area (TPSA) is 53.5 Å². The number of para-hydroxylation sites is 4. The highest BCUT2D eigenvalue weighted by atomic mass is 15.2. The summed E-state index contributed by atoms with van der Waals surface area (Å²) in [5.74, 6) is 1.71. The number of aromatic nitrogens is 6. The van der Waals surface area contributed by atoms with Crippen molar-refractivity contribution in [3.05, 3.63) is 267 Å². The number of hydrogen-bond donors (Lipinski definition) is 0. The van der Waals surface area contributed by atoms with Crippen LogP contribution in [0.2, 0.25) is 0 Å². The van der Waals surface area contributed by atoms with Crippen LogP contribution in [0, 0.1) is 0 Å². The lowest BCUT2D eigenvalue weighted by Gasteiger charge is -2.16. The highest BCUT2D eigenvalue weighted by molar-refractivity contribution is 6.27. The Morgan fingerprint density at radius 1 is 0.240 bits per heavy atom. The predicted octanol–water partition coefficient (Wildman–Crippen LogP) is 17.5. The van der Waals surface area contributed by atoms with Gasteiger partial charge in [-0.3, -0.25) is 4.57 Å². The molecule has 0 atom stereocenters. The lowest BCUT2D eigenvalue weighted by Crippen LogP contribution is -2.07. The van der Waals surface area contributed by atoms with E-state index >= 15 is 0 Å². The van der Waals surface area contributed by atoms with Crippen molar-refractivity contribution in [2.45, 2.75) is 0 Å². The Bertz CT molecular complexity index is 4600. The predicted molar refractivity (Wildman–Crippen MR) is 310 cm³/mol. The van der Waals surface area contributed by atoms with Crippen molar-refractivity contribution in [3.63, 3.8) is 0 Å². The van der Waals surface area contributed by atoms with Gasteiger partial charge in [0.05, 0.1) is 38.8 Å². The van der Waals surface area contributed by atoms with E-state index in [-0.39, 0.29) is 0 Å². The van der Waals surface area contributed by atoms with E-state index in [2.05, 4.69) is 262 Å². The molecule has 6 heteroatoms. The van der Waals surface area contributed by atoms with Crippen LogP contribution in [0.1, 0.15) is 0 Å². The lowest BCUT2D eigenvalue weighted by molar-refractivity contribution is 0.953. The second-order valence-electron chi connectivity index (χ2n) is 19.2. The van der Waals surface area contributed by atoms with Gasteiger partial charge in [-0.2, -0.15) is 9.97 Å². The minimum absolute atomic E-state index is 0.530. The number of hydrogen-bond acceptors (Lipinski definition) is 3. The van der Waals surface area contributed by atoms with E-state index in [1.54, 1.807) is 0 Å². The monoisotopic (exact) mass is 956 g/mol. The summed E-state index contributed by atoms with van der Waals surface area (Å²) in [5.41, 5.74) is 17.3. The van der Waals surface area contributed by atoms with Gasteiger partial charge in [-0.15, -0.1) is 0 Å². The maximum atomic E-state index is 5.54. The summed E-state index contributed by atoms with van der Waals surface area (Å²) in [7, 11) is 0. The van der Waals surface area contributed by atoms with Crippen molar-refractivity contribution in [2.75, 3.05) is 0 Å². The highest BCUT2D eigenvalue weighted by Crippen LogP contribution is 2.46. The van der Waals surface area contributed by atoms with Crippen LogP contribution in [0.5, 0.6) is 0 Å².